The summed E-state index contributed by atoms with van der Waals surface area (Å²) in [6, 6.07) is 1.62. The fourth-order valence-electron chi connectivity index (χ4n) is 1.51. The highest BCUT2D eigenvalue weighted by Gasteiger charge is 2.10. The van der Waals surface area contributed by atoms with E-state index in [9.17, 15) is 4.39 Å². The summed E-state index contributed by atoms with van der Waals surface area (Å²) in [5.74, 6) is -0.357. The average molecular weight is 266 g/mol. The molecule has 2 heterocycles. The van der Waals surface area contributed by atoms with Crippen LogP contribution in [0.1, 0.15) is 18.4 Å². The molecule has 2 aromatic rings. The second kappa shape index (κ2) is 6.51. The van der Waals surface area contributed by atoms with Gasteiger partial charge < -0.3 is 5.32 Å². The zero-order valence-electron chi connectivity index (χ0n) is 10.2. The Kier molecular flexibility index (Phi) is 4.72. The first kappa shape index (κ1) is 13.0. The van der Waals surface area contributed by atoms with E-state index in [2.05, 4.69) is 27.4 Å². The Bertz CT molecular complexity index is 500. The van der Waals surface area contributed by atoms with Gasteiger partial charge in [0.05, 0.1) is 11.8 Å². The van der Waals surface area contributed by atoms with Gasteiger partial charge in [0.15, 0.2) is 10.8 Å². The molecule has 0 radical (unpaired) electrons. The van der Waals surface area contributed by atoms with Gasteiger partial charge in [0.2, 0.25) is 0 Å². The number of hydrogen-bond acceptors (Lipinski definition) is 5. The Morgan fingerprint density at radius 3 is 3.00 bits per heavy atom. The highest BCUT2D eigenvalue weighted by molar-refractivity contribution is 7.14. The van der Waals surface area contributed by atoms with Crippen LogP contribution in [-0.4, -0.2) is 28.3 Å². The number of hydrogen-bond donors (Lipinski definition) is 1. The van der Waals surface area contributed by atoms with E-state index in [-0.39, 0.29) is 5.82 Å². The first-order valence-electron chi connectivity index (χ1n) is 5.94. The summed E-state index contributed by atoms with van der Waals surface area (Å²) < 4.78 is 13.5. The van der Waals surface area contributed by atoms with Gasteiger partial charge in [-0.25, -0.2) is 4.39 Å². The summed E-state index contributed by atoms with van der Waals surface area (Å²) in [4.78, 5) is 3.72. The molecular formula is C12H15FN4S. The summed E-state index contributed by atoms with van der Waals surface area (Å²) in [6.45, 7) is 4.01. The predicted molar refractivity (Wildman–Crippen MR) is 70.0 cm³/mol. The second-order valence-electron chi connectivity index (χ2n) is 3.86. The molecule has 0 bridgehead atoms. The molecule has 0 aliphatic rings. The van der Waals surface area contributed by atoms with Crippen molar-refractivity contribution in [1.29, 1.82) is 0 Å². The molecule has 0 unspecified atom stereocenters. The lowest BCUT2D eigenvalue weighted by molar-refractivity contribution is 0.624. The number of nitrogens with zero attached hydrogens (tertiary/aromatic N) is 3. The molecule has 0 spiro atoms. The Morgan fingerprint density at radius 1 is 1.33 bits per heavy atom. The van der Waals surface area contributed by atoms with Crippen molar-refractivity contribution in [2.24, 2.45) is 0 Å². The van der Waals surface area contributed by atoms with Gasteiger partial charge in [-0.15, -0.1) is 10.2 Å². The van der Waals surface area contributed by atoms with E-state index in [4.69, 9.17) is 0 Å². The van der Waals surface area contributed by atoms with Crippen molar-refractivity contribution in [2.75, 3.05) is 13.1 Å². The minimum Gasteiger partial charge on any atom is -0.316 e. The van der Waals surface area contributed by atoms with E-state index in [1.807, 2.05) is 0 Å². The van der Waals surface area contributed by atoms with Crippen LogP contribution in [-0.2, 0) is 6.42 Å². The van der Waals surface area contributed by atoms with Gasteiger partial charge in [-0.3, -0.25) is 4.98 Å². The highest BCUT2D eigenvalue weighted by atomic mass is 32.1. The molecule has 0 amide bonds. The van der Waals surface area contributed by atoms with Crippen molar-refractivity contribution in [1.82, 2.24) is 20.5 Å². The lowest BCUT2D eigenvalue weighted by Gasteiger charge is -1.98. The summed E-state index contributed by atoms with van der Waals surface area (Å²) in [7, 11) is 0. The van der Waals surface area contributed by atoms with Crippen molar-refractivity contribution in [2.45, 2.75) is 19.8 Å². The van der Waals surface area contributed by atoms with Gasteiger partial charge in [-0.2, -0.15) is 0 Å². The van der Waals surface area contributed by atoms with Crippen molar-refractivity contribution >= 4 is 11.3 Å². The standard InChI is InChI=1S/C12H15FN4S/c1-2-5-14-7-4-11-16-17-12(18-11)9-3-6-15-8-10(9)13/h3,6,8,14H,2,4-5,7H2,1H3. The van der Waals surface area contributed by atoms with Gasteiger partial charge in [-0.05, 0) is 19.0 Å². The van der Waals surface area contributed by atoms with Gasteiger partial charge in [-0.1, -0.05) is 18.3 Å². The number of rotatable bonds is 6. The number of aromatic nitrogens is 3. The van der Waals surface area contributed by atoms with E-state index in [0.29, 0.717) is 10.6 Å². The van der Waals surface area contributed by atoms with E-state index in [1.165, 1.54) is 17.5 Å². The summed E-state index contributed by atoms with van der Waals surface area (Å²) >= 11 is 1.43. The van der Waals surface area contributed by atoms with Crippen LogP contribution >= 0.6 is 11.3 Å². The number of nitrogens with one attached hydrogen (secondary N) is 1. The predicted octanol–water partition coefficient (Wildman–Crippen LogP) is 2.28. The van der Waals surface area contributed by atoms with E-state index in [1.54, 1.807) is 12.3 Å². The third kappa shape index (κ3) is 3.30. The number of halogens is 1. The molecule has 0 fully saturated rings. The van der Waals surface area contributed by atoms with Gasteiger partial charge >= 0.3 is 0 Å². The molecule has 1 N–H and O–H groups in total. The Morgan fingerprint density at radius 2 is 2.22 bits per heavy atom. The van der Waals surface area contributed by atoms with Crippen LogP contribution in [0.4, 0.5) is 4.39 Å². The van der Waals surface area contributed by atoms with E-state index >= 15 is 0 Å². The third-order valence-corrected chi connectivity index (χ3v) is 3.43. The summed E-state index contributed by atoms with van der Waals surface area (Å²) in [6.07, 6.45) is 4.69. The molecule has 2 aromatic heterocycles. The molecule has 0 saturated heterocycles. The Hall–Kier alpha value is -1.40. The Labute approximate surface area is 109 Å². The second-order valence-corrected chi connectivity index (χ2v) is 4.92. The van der Waals surface area contributed by atoms with Crippen LogP contribution in [0, 0.1) is 5.82 Å². The van der Waals surface area contributed by atoms with Crippen LogP contribution in [0.2, 0.25) is 0 Å². The molecule has 0 aliphatic heterocycles. The quantitative estimate of drug-likeness (QED) is 0.815. The fraction of sp³-hybridized carbons (Fsp3) is 0.417. The van der Waals surface area contributed by atoms with Crippen LogP contribution in [0.3, 0.4) is 0 Å². The maximum atomic E-state index is 13.5. The van der Waals surface area contributed by atoms with Gasteiger partial charge in [0.1, 0.15) is 5.01 Å². The van der Waals surface area contributed by atoms with Crippen LogP contribution < -0.4 is 5.32 Å². The molecule has 0 aromatic carbocycles. The topological polar surface area (TPSA) is 50.7 Å². The molecule has 96 valence electrons. The SMILES string of the molecule is CCCNCCc1nnc(-c2ccncc2F)s1. The van der Waals surface area contributed by atoms with Crippen molar-refractivity contribution < 1.29 is 4.39 Å². The number of pyridine rings is 1. The van der Waals surface area contributed by atoms with Crippen LogP contribution in [0.25, 0.3) is 10.6 Å². The smallest absolute Gasteiger partial charge is 0.151 e. The van der Waals surface area contributed by atoms with Crippen LogP contribution in [0.5, 0.6) is 0 Å². The van der Waals surface area contributed by atoms with Crippen molar-refractivity contribution in [3.8, 4) is 10.6 Å². The van der Waals surface area contributed by atoms with Crippen molar-refractivity contribution in [3.05, 3.63) is 29.3 Å². The van der Waals surface area contributed by atoms with Gasteiger partial charge in [0, 0.05) is 19.2 Å². The zero-order valence-corrected chi connectivity index (χ0v) is 11.0. The maximum absolute atomic E-state index is 13.5. The largest absolute Gasteiger partial charge is 0.316 e. The summed E-state index contributed by atoms with van der Waals surface area (Å²) in [5, 5.41) is 12.9. The lowest BCUT2D eigenvalue weighted by Crippen LogP contribution is -2.17. The molecule has 2 rings (SSSR count). The van der Waals surface area contributed by atoms with Gasteiger partial charge in [0.25, 0.3) is 0 Å². The Balaban J connectivity index is 2.00. The molecule has 4 nitrogen and oxygen atoms in total. The minimum atomic E-state index is -0.357. The normalized spacial score (nSPS) is 10.8. The summed E-state index contributed by atoms with van der Waals surface area (Å²) in [5.41, 5.74) is 0.468. The highest BCUT2D eigenvalue weighted by Crippen LogP contribution is 2.25. The molecule has 0 atom stereocenters. The molecule has 0 saturated carbocycles. The monoisotopic (exact) mass is 266 g/mol. The lowest BCUT2D eigenvalue weighted by atomic mass is 10.3. The third-order valence-electron chi connectivity index (χ3n) is 2.41. The van der Waals surface area contributed by atoms with Crippen molar-refractivity contribution in [3.63, 3.8) is 0 Å². The van der Waals surface area contributed by atoms with Crippen LogP contribution in [0.15, 0.2) is 18.5 Å². The average Bonchev–Trinajstić information content (AvgIpc) is 2.84. The minimum absolute atomic E-state index is 0.357. The molecule has 0 aliphatic carbocycles. The first-order valence-corrected chi connectivity index (χ1v) is 6.76. The molecule has 18 heavy (non-hydrogen) atoms. The van der Waals surface area contributed by atoms with E-state index in [0.717, 1.165) is 30.9 Å². The fourth-order valence-corrected chi connectivity index (χ4v) is 2.38. The first-order chi connectivity index (χ1) is 8.81. The maximum Gasteiger partial charge on any atom is 0.151 e. The molecular weight excluding hydrogens is 251 g/mol. The molecule has 6 heteroatoms. The zero-order chi connectivity index (χ0) is 12.8. The van der Waals surface area contributed by atoms with E-state index < -0.39 is 0 Å².